The van der Waals surface area contributed by atoms with Crippen molar-refractivity contribution in [3.63, 3.8) is 0 Å². The monoisotopic (exact) mass is 312 g/mol. The van der Waals surface area contributed by atoms with Crippen LogP contribution in [0.15, 0.2) is 30.3 Å². The lowest BCUT2D eigenvalue weighted by molar-refractivity contribution is 0.546. The highest BCUT2D eigenvalue weighted by Crippen LogP contribution is 2.29. The number of benzene rings is 2. The topological polar surface area (TPSA) is 25.8 Å². The largest absolute Gasteiger partial charge is 0.225 e. The van der Waals surface area contributed by atoms with Crippen LogP contribution in [0.25, 0.3) is 22.3 Å². The van der Waals surface area contributed by atoms with Crippen LogP contribution in [0, 0.1) is 23.3 Å². The van der Waals surface area contributed by atoms with Gasteiger partial charge in [-0.3, -0.25) is 0 Å². The SMILES string of the molecule is Fc1cc(F)c(-c2nc(Cl)c3cccc(F)c3n2)c(F)c1. The Morgan fingerprint density at radius 3 is 2.19 bits per heavy atom. The summed E-state index contributed by atoms with van der Waals surface area (Å²) in [7, 11) is 0. The van der Waals surface area contributed by atoms with Gasteiger partial charge in [-0.05, 0) is 12.1 Å². The number of halogens is 5. The fourth-order valence-corrected chi connectivity index (χ4v) is 2.18. The molecule has 1 aromatic heterocycles. The zero-order valence-electron chi connectivity index (χ0n) is 10.2. The molecule has 0 unspecified atom stereocenters. The smallest absolute Gasteiger partial charge is 0.167 e. The molecule has 0 saturated carbocycles. The third-order valence-electron chi connectivity index (χ3n) is 2.86. The molecule has 0 spiro atoms. The number of rotatable bonds is 1. The summed E-state index contributed by atoms with van der Waals surface area (Å²) in [6.07, 6.45) is 0. The lowest BCUT2D eigenvalue weighted by atomic mass is 10.1. The maximum Gasteiger partial charge on any atom is 0.167 e. The predicted molar refractivity (Wildman–Crippen MR) is 69.8 cm³/mol. The van der Waals surface area contributed by atoms with Crippen LogP contribution < -0.4 is 0 Å². The van der Waals surface area contributed by atoms with Crippen molar-refractivity contribution in [3.8, 4) is 11.4 Å². The molecule has 0 radical (unpaired) electrons. The lowest BCUT2D eigenvalue weighted by Gasteiger charge is -2.07. The Labute approximate surface area is 121 Å². The van der Waals surface area contributed by atoms with Gasteiger partial charge in [0.1, 0.15) is 33.9 Å². The molecule has 0 aliphatic carbocycles. The predicted octanol–water partition coefficient (Wildman–Crippen LogP) is 4.51. The van der Waals surface area contributed by atoms with Crippen LogP contribution in [0.3, 0.4) is 0 Å². The van der Waals surface area contributed by atoms with E-state index in [9.17, 15) is 17.6 Å². The van der Waals surface area contributed by atoms with Gasteiger partial charge in [0.05, 0.1) is 5.56 Å². The zero-order valence-corrected chi connectivity index (χ0v) is 10.9. The molecular weight excluding hydrogens is 308 g/mol. The summed E-state index contributed by atoms with van der Waals surface area (Å²) in [6.45, 7) is 0. The van der Waals surface area contributed by atoms with E-state index in [1.807, 2.05) is 0 Å². The van der Waals surface area contributed by atoms with Crippen LogP contribution in [-0.2, 0) is 0 Å². The van der Waals surface area contributed by atoms with E-state index in [1.165, 1.54) is 12.1 Å². The molecule has 0 atom stereocenters. The molecule has 0 bridgehead atoms. The summed E-state index contributed by atoms with van der Waals surface area (Å²) >= 11 is 5.88. The minimum Gasteiger partial charge on any atom is -0.225 e. The molecule has 0 aliphatic heterocycles. The number of hydrogen-bond acceptors (Lipinski definition) is 2. The highest BCUT2D eigenvalue weighted by Gasteiger charge is 2.19. The summed E-state index contributed by atoms with van der Waals surface area (Å²) in [5.41, 5.74) is -0.834. The minimum atomic E-state index is -1.20. The Balaban J connectivity index is 2.34. The lowest BCUT2D eigenvalue weighted by Crippen LogP contribution is -1.99. The quantitative estimate of drug-likeness (QED) is 0.488. The number of para-hydroxylation sites is 1. The van der Waals surface area contributed by atoms with E-state index in [1.54, 1.807) is 0 Å². The second kappa shape index (κ2) is 4.96. The van der Waals surface area contributed by atoms with Gasteiger partial charge in [0.2, 0.25) is 0 Å². The maximum atomic E-state index is 13.7. The van der Waals surface area contributed by atoms with Gasteiger partial charge in [-0.2, -0.15) is 0 Å². The second-order valence-corrected chi connectivity index (χ2v) is 4.58. The Morgan fingerprint density at radius 2 is 1.52 bits per heavy atom. The first-order valence-electron chi connectivity index (χ1n) is 5.74. The van der Waals surface area contributed by atoms with E-state index in [-0.39, 0.29) is 16.1 Å². The van der Waals surface area contributed by atoms with Crippen molar-refractivity contribution < 1.29 is 17.6 Å². The molecule has 2 nitrogen and oxygen atoms in total. The average molecular weight is 313 g/mol. The van der Waals surface area contributed by atoms with Gasteiger partial charge in [0, 0.05) is 17.5 Å². The van der Waals surface area contributed by atoms with Gasteiger partial charge in [-0.15, -0.1) is 0 Å². The Bertz CT molecular complexity index is 844. The van der Waals surface area contributed by atoms with E-state index in [4.69, 9.17) is 11.6 Å². The van der Waals surface area contributed by atoms with E-state index >= 15 is 0 Å². The summed E-state index contributed by atoms with van der Waals surface area (Å²) in [6, 6.07) is 4.99. The molecule has 0 N–H and O–H groups in total. The van der Waals surface area contributed by atoms with Gasteiger partial charge in [-0.25, -0.2) is 27.5 Å². The standard InChI is InChI=1S/C14H5ClF4N2/c15-13-7-2-1-3-8(17)12(7)20-14(21-13)11-9(18)4-6(16)5-10(11)19/h1-5H. The third kappa shape index (κ3) is 2.31. The minimum absolute atomic E-state index is 0.155. The number of fused-ring (bicyclic) bond motifs is 1. The Kier molecular flexibility index (Phi) is 3.25. The van der Waals surface area contributed by atoms with Crippen LogP contribution in [0.1, 0.15) is 0 Å². The first-order chi connectivity index (χ1) is 9.97. The zero-order chi connectivity index (χ0) is 15.1. The highest BCUT2D eigenvalue weighted by atomic mass is 35.5. The molecule has 0 amide bonds. The number of hydrogen-bond donors (Lipinski definition) is 0. The molecule has 0 fully saturated rings. The summed E-state index contributed by atoms with van der Waals surface area (Å²) in [5, 5.41) is 0.0565. The van der Waals surface area contributed by atoms with Crippen molar-refractivity contribution in [1.29, 1.82) is 0 Å². The first-order valence-corrected chi connectivity index (χ1v) is 6.12. The van der Waals surface area contributed by atoms with Crippen LogP contribution >= 0.6 is 11.6 Å². The Morgan fingerprint density at radius 1 is 0.857 bits per heavy atom. The van der Waals surface area contributed by atoms with Crippen molar-refractivity contribution in [2.75, 3.05) is 0 Å². The number of aromatic nitrogens is 2. The van der Waals surface area contributed by atoms with Crippen LogP contribution in [-0.4, -0.2) is 9.97 Å². The molecule has 7 heteroatoms. The summed E-state index contributed by atoms with van der Waals surface area (Å²) in [5.74, 6) is -4.63. The fourth-order valence-electron chi connectivity index (χ4n) is 1.95. The van der Waals surface area contributed by atoms with Gasteiger partial charge < -0.3 is 0 Å². The van der Waals surface area contributed by atoms with Crippen molar-refractivity contribution in [2.24, 2.45) is 0 Å². The van der Waals surface area contributed by atoms with E-state index in [0.29, 0.717) is 12.1 Å². The average Bonchev–Trinajstić information content (AvgIpc) is 2.39. The normalized spacial score (nSPS) is 11.1. The van der Waals surface area contributed by atoms with Gasteiger partial charge in [0.15, 0.2) is 5.82 Å². The maximum absolute atomic E-state index is 13.7. The molecule has 3 rings (SSSR count). The van der Waals surface area contributed by atoms with Crippen molar-refractivity contribution >= 4 is 22.5 Å². The summed E-state index contributed by atoms with van der Waals surface area (Å²) in [4.78, 5) is 7.53. The fraction of sp³-hybridized carbons (Fsp3) is 0. The Hall–Kier alpha value is -2.21. The van der Waals surface area contributed by atoms with Crippen LogP contribution in [0.5, 0.6) is 0 Å². The van der Waals surface area contributed by atoms with Crippen molar-refractivity contribution in [2.45, 2.75) is 0 Å². The molecule has 2 aromatic carbocycles. The van der Waals surface area contributed by atoms with Gasteiger partial charge in [-0.1, -0.05) is 17.7 Å². The van der Waals surface area contributed by atoms with Crippen LogP contribution in [0.2, 0.25) is 5.15 Å². The van der Waals surface area contributed by atoms with Crippen LogP contribution in [0.4, 0.5) is 17.6 Å². The summed E-state index contributed by atoms with van der Waals surface area (Å²) < 4.78 is 54.1. The molecule has 3 aromatic rings. The molecule has 21 heavy (non-hydrogen) atoms. The van der Waals surface area contributed by atoms with Gasteiger partial charge >= 0.3 is 0 Å². The molecule has 0 aliphatic rings. The highest BCUT2D eigenvalue weighted by molar-refractivity contribution is 6.34. The molecular formula is C14H5ClF4N2. The van der Waals surface area contributed by atoms with Gasteiger partial charge in [0.25, 0.3) is 0 Å². The molecule has 0 saturated heterocycles. The first kappa shape index (κ1) is 13.8. The van der Waals surface area contributed by atoms with E-state index in [2.05, 4.69) is 9.97 Å². The third-order valence-corrected chi connectivity index (χ3v) is 3.15. The van der Waals surface area contributed by atoms with Crippen molar-refractivity contribution in [1.82, 2.24) is 9.97 Å². The van der Waals surface area contributed by atoms with E-state index in [0.717, 1.165) is 6.07 Å². The molecule has 1 heterocycles. The van der Waals surface area contributed by atoms with E-state index < -0.39 is 34.7 Å². The molecule has 106 valence electrons. The second-order valence-electron chi connectivity index (χ2n) is 4.22. The van der Waals surface area contributed by atoms with Crippen molar-refractivity contribution in [3.05, 3.63) is 58.8 Å². The number of nitrogens with zero attached hydrogens (tertiary/aromatic N) is 2.